The molecule has 1 saturated heterocycles. The maximum atomic E-state index is 12.8. The highest BCUT2D eigenvalue weighted by Crippen LogP contribution is 2.42. The Bertz CT molecular complexity index is 358. The van der Waals surface area contributed by atoms with Gasteiger partial charge < -0.3 is 16.0 Å². The second-order valence-electron chi connectivity index (χ2n) is 7.41. The summed E-state index contributed by atoms with van der Waals surface area (Å²) in [7, 11) is 0. The Balaban J connectivity index is 0.00000121. The third kappa shape index (κ3) is 4.08. The summed E-state index contributed by atoms with van der Waals surface area (Å²) in [6.45, 7) is 6.06. The minimum absolute atomic E-state index is 0. The normalized spacial score (nSPS) is 41.1. The van der Waals surface area contributed by atoms with Crippen LogP contribution in [0.25, 0.3) is 0 Å². The van der Waals surface area contributed by atoms with Gasteiger partial charge >= 0.3 is 0 Å². The predicted octanol–water partition coefficient (Wildman–Crippen LogP) is 2.19. The Labute approximate surface area is 146 Å². The third-order valence-corrected chi connectivity index (χ3v) is 5.63. The molecule has 3 aliphatic rings. The van der Waals surface area contributed by atoms with Gasteiger partial charge in [-0.3, -0.25) is 4.79 Å². The Morgan fingerprint density at radius 2 is 1.55 bits per heavy atom. The highest BCUT2D eigenvalue weighted by atomic mass is 35.5. The molecule has 0 radical (unpaired) electrons. The lowest BCUT2D eigenvalue weighted by molar-refractivity contribution is -0.140. The minimum Gasteiger partial charge on any atom is -0.339 e. The SMILES string of the molecule is CC1CN(C(=O)C2CC3CCCC(C2)C3N)CC(C)N1.Cl.Cl. The van der Waals surface area contributed by atoms with Crippen molar-refractivity contribution in [1.82, 2.24) is 10.2 Å². The highest BCUT2D eigenvalue weighted by molar-refractivity contribution is 5.85. The van der Waals surface area contributed by atoms with Crippen molar-refractivity contribution in [2.24, 2.45) is 23.5 Å². The van der Waals surface area contributed by atoms with Crippen LogP contribution in [0.5, 0.6) is 0 Å². The van der Waals surface area contributed by atoms with E-state index in [1.807, 2.05) is 0 Å². The monoisotopic (exact) mass is 351 g/mol. The van der Waals surface area contributed by atoms with Gasteiger partial charge in [-0.2, -0.15) is 0 Å². The van der Waals surface area contributed by atoms with E-state index in [4.69, 9.17) is 5.73 Å². The van der Waals surface area contributed by atoms with Gasteiger partial charge in [-0.05, 0) is 51.4 Å². The zero-order valence-corrected chi connectivity index (χ0v) is 15.3. The van der Waals surface area contributed by atoms with Crippen molar-refractivity contribution in [3.63, 3.8) is 0 Å². The maximum Gasteiger partial charge on any atom is 0.225 e. The van der Waals surface area contributed by atoms with Crippen molar-refractivity contribution in [1.29, 1.82) is 0 Å². The molecule has 3 N–H and O–H groups in total. The van der Waals surface area contributed by atoms with Crippen LogP contribution in [0, 0.1) is 17.8 Å². The lowest BCUT2D eigenvalue weighted by Crippen LogP contribution is -2.58. The standard InChI is InChI=1S/C16H29N3O.2ClH/c1-10-8-19(9-11(2)18-10)16(20)14-6-12-4-3-5-13(7-14)15(12)17;;/h10-15,18H,3-9,17H2,1-2H3;2*1H. The van der Waals surface area contributed by atoms with E-state index in [2.05, 4.69) is 24.1 Å². The number of amides is 1. The highest BCUT2D eigenvalue weighted by Gasteiger charge is 2.42. The van der Waals surface area contributed by atoms with Crippen molar-refractivity contribution in [2.75, 3.05) is 13.1 Å². The lowest BCUT2D eigenvalue weighted by Gasteiger charge is -2.45. The molecular weight excluding hydrogens is 321 g/mol. The lowest BCUT2D eigenvalue weighted by atomic mass is 9.65. The number of nitrogens with two attached hydrogens (primary N) is 1. The fourth-order valence-corrected chi connectivity index (χ4v) is 4.76. The zero-order chi connectivity index (χ0) is 14.3. The minimum atomic E-state index is 0. The number of carbonyl (C=O) groups excluding carboxylic acids is 1. The average Bonchev–Trinajstić information content (AvgIpc) is 2.36. The van der Waals surface area contributed by atoms with Gasteiger partial charge in [0.2, 0.25) is 5.91 Å². The average molecular weight is 352 g/mol. The van der Waals surface area contributed by atoms with Crippen LogP contribution >= 0.6 is 24.8 Å². The fourth-order valence-electron chi connectivity index (χ4n) is 4.76. The Morgan fingerprint density at radius 3 is 2.05 bits per heavy atom. The van der Waals surface area contributed by atoms with Crippen LogP contribution in [0.3, 0.4) is 0 Å². The summed E-state index contributed by atoms with van der Waals surface area (Å²) in [4.78, 5) is 14.9. The third-order valence-electron chi connectivity index (χ3n) is 5.63. The van der Waals surface area contributed by atoms with Gasteiger partial charge in [-0.15, -0.1) is 24.8 Å². The number of carbonyl (C=O) groups is 1. The number of halogens is 2. The molecule has 0 aromatic carbocycles. The van der Waals surface area contributed by atoms with Crippen LogP contribution in [0.4, 0.5) is 0 Å². The molecule has 4 atom stereocenters. The first-order valence-electron chi connectivity index (χ1n) is 8.35. The molecular formula is C16H31Cl2N3O. The van der Waals surface area contributed by atoms with E-state index in [9.17, 15) is 4.79 Å². The van der Waals surface area contributed by atoms with Gasteiger partial charge in [0.1, 0.15) is 0 Å². The van der Waals surface area contributed by atoms with E-state index in [-0.39, 0.29) is 30.7 Å². The number of hydrogen-bond donors (Lipinski definition) is 2. The van der Waals surface area contributed by atoms with E-state index in [0.29, 0.717) is 35.9 Å². The number of hydrogen-bond acceptors (Lipinski definition) is 3. The van der Waals surface area contributed by atoms with E-state index < -0.39 is 0 Å². The summed E-state index contributed by atoms with van der Waals surface area (Å²) in [6.07, 6.45) is 5.84. The first-order valence-corrected chi connectivity index (χ1v) is 8.35. The molecule has 1 aliphatic heterocycles. The first-order chi connectivity index (χ1) is 9.54. The first kappa shape index (κ1) is 20.0. The summed E-state index contributed by atoms with van der Waals surface area (Å²) >= 11 is 0. The molecule has 3 rings (SSSR count). The van der Waals surface area contributed by atoms with Crippen LogP contribution in [0.1, 0.15) is 46.0 Å². The van der Waals surface area contributed by atoms with Crippen molar-refractivity contribution >= 4 is 30.7 Å². The van der Waals surface area contributed by atoms with E-state index >= 15 is 0 Å². The molecule has 1 amide bonds. The quantitative estimate of drug-likeness (QED) is 0.761. The zero-order valence-electron chi connectivity index (χ0n) is 13.7. The van der Waals surface area contributed by atoms with Crippen LogP contribution in [0.2, 0.25) is 0 Å². The van der Waals surface area contributed by atoms with E-state index in [0.717, 1.165) is 25.9 Å². The van der Waals surface area contributed by atoms with Gasteiger partial charge in [0, 0.05) is 37.1 Å². The summed E-state index contributed by atoms with van der Waals surface area (Å²) in [5, 5.41) is 3.50. The number of nitrogens with one attached hydrogen (secondary N) is 1. The van der Waals surface area contributed by atoms with Gasteiger partial charge in [-0.25, -0.2) is 0 Å². The van der Waals surface area contributed by atoms with Crippen LogP contribution in [-0.4, -0.2) is 42.0 Å². The molecule has 2 bridgehead atoms. The summed E-state index contributed by atoms with van der Waals surface area (Å²) in [5.74, 6) is 1.82. The number of nitrogens with zero attached hydrogens (tertiary/aromatic N) is 1. The van der Waals surface area contributed by atoms with Crippen molar-refractivity contribution in [2.45, 2.75) is 64.1 Å². The van der Waals surface area contributed by atoms with Crippen LogP contribution in [-0.2, 0) is 4.79 Å². The summed E-state index contributed by atoms with van der Waals surface area (Å²) < 4.78 is 0. The molecule has 0 aromatic heterocycles. The van der Waals surface area contributed by atoms with Crippen molar-refractivity contribution in [3.8, 4) is 0 Å². The van der Waals surface area contributed by atoms with Gasteiger partial charge in [0.15, 0.2) is 0 Å². The largest absolute Gasteiger partial charge is 0.339 e. The smallest absolute Gasteiger partial charge is 0.225 e. The Kier molecular flexibility index (Phi) is 7.44. The van der Waals surface area contributed by atoms with Gasteiger partial charge in [0.05, 0.1) is 0 Å². The van der Waals surface area contributed by atoms with Gasteiger partial charge in [0.25, 0.3) is 0 Å². The summed E-state index contributed by atoms with van der Waals surface area (Å²) in [6, 6.07) is 1.18. The molecule has 0 spiro atoms. The second-order valence-corrected chi connectivity index (χ2v) is 7.41. The molecule has 0 aromatic rings. The molecule has 4 nitrogen and oxygen atoms in total. The number of fused-ring (bicyclic) bond motifs is 2. The van der Waals surface area contributed by atoms with Crippen LogP contribution < -0.4 is 11.1 Å². The van der Waals surface area contributed by atoms with Crippen molar-refractivity contribution < 1.29 is 4.79 Å². The molecule has 2 saturated carbocycles. The van der Waals surface area contributed by atoms with E-state index in [1.165, 1.54) is 19.3 Å². The van der Waals surface area contributed by atoms with Gasteiger partial charge in [-0.1, -0.05) is 6.42 Å². The summed E-state index contributed by atoms with van der Waals surface area (Å²) in [5.41, 5.74) is 6.33. The van der Waals surface area contributed by atoms with Crippen molar-refractivity contribution in [3.05, 3.63) is 0 Å². The number of piperazine rings is 1. The Hall–Kier alpha value is -0.0300. The van der Waals surface area contributed by atoms with E-state index in [1.54, 1.807) is 0 Å². The molecule has 22 heavy (non-hydrogen) atoms. The second kappa shape index (κ2) is 8.18. The molecule has 6 heteroatoms. The topological polar surface area (TPSA) is 58.4 Å². The fraction of sp³-hybridized carbons (Fsp3) is 0.938. The molecule has 4 unspecified atom stereocenters. The maximum absolute atomic E-state index is 12.8. The predicted molar refractivity (Wildman–Crippen MR) is 94.7 cm³/mol. The molecule has 2 aliphatic carbocycles. The number of rotatable bonds is 1. The molecule has 1 heterocycles. The Morgan fingerprint density at radius 1 is 1.05 bits per heavy atom. The molecule has 130 valence electrons. The molecule has 3 fully saturated rings. The van der Waals surface area contributed by atoms with Crippen LogP contribution in [0.15, 0.2) is 0 Å².